The van der Waals surface area contributed by atoms with Crippen LogP contribution in [0.5, 0.6) is 0 Å². The lowest BCUT2D eigenvalue weighted by Crippen LogP contribution is -2.26. The molecule has 2 heteroatoms. The van der Waals surface area contributed by atoms with Gasteiger partial charge in [-0.2, -0.15) is 0 Å². The molecule has 1 fully saturated rings. The second kappa shape index (κ2) is 5.96. The molecule has 2 N–H and O–H groups in total. The molecule has 1 saturated carbocycles. The van der Waals surface area contributed by atoms with E-state index in [1.165, 1.54) is 56.4 Å². The molecule has 0 saturated heterocycles. The highest BCUT2D eigenvalue weighted by atomic mass is 15.1. The quantitative estimate of drug-likeness (QED) is 0.879. The molecular weight excluding hydrogens is 232 g/mol. The molecule has 0 unspecified atom stereocenters. The zero-order valence-electron chi connectivity index (χ0n) is 11.9. The van der Waals surface area contributed by atoms with Gasteiger partial charge in [0.1, 0.15) is 0 Å². The molecule has 1 aromatic rings. The van der Waals surface area contributed by atoms with Crippen LogP contribution in [-0.4, -0.2) is 19.6 Å². The van der Waals surface area contributed by atoms with E-state index in [1.54, 1.807) is 5.56 Å². The van der Waals surface area contributed by atoms with Gasteiger partial charge in [0.2, 0.25) is 0 Å². The van der Waals surface area contributed by atoms with Crippen molar-refractivity contribution < 1.29 is 0 Å². The van der Waals surface area contributed by atoms with Crippen LogP contribution in [0.3, 0.4) is 0 Å². The standard InChI is InChI=1S/C17H26N2/c18-10-3-6-14-7-8-16-9-11-19(17(16)12-14)13-15-4-1-2-5-15/h7-8,12,15H,1-6,9-11,13,18H2. The normalized spacial score (nSPS) is 19.1. The summed E-state index contributed by atoms with van der Waals surface area (Å²) in [4.78, 5) is 2.64. The highest BCUT2D eigenvalue weighted by molar-refractivity contribution is 5.59. The summed E-state index contributed by atoms with van der Waals surface area (Å²) in [7, 11) is 0. The van der Waals surface area contributed by atoms with Crippen LogP contribution in [0, 0.1) is 5.92 Å². The van der Waals surface area contributed by atoms with Gasteiger partial charge in [-0.25, -0.2) is 0 Å². The van der Waals surface area contributed by atoms with Gasteiger partial charge < -0.3 is 10.6 Å². The molecule has 19 heavy (non-hydrogen) atoms. The maximum atomic E-state index is 5.61. The predicted molar refractivity (Wildman–Crippen MR) is 81.7 cm³/mol. The molecular formula is C17H26N2. The van der Waals surface area contributed by atoms with Crippen LogP contribution >= 0.6 is 0 Å². The first-order valence-corrected chi connectivity index (χ1v) is 7.93. The van der Waals surface area contributed by atoms with Crippen molar-refractivity contribution in [2.45, 2.75) is 44.9 Å². The molecule has 104 valence electrons. The minimum atomic E-state index is 0.795. The van der Waals surface area contributed by atoms with E-state index < -0.39 is 0 Å². The second-order valence-corrected chi connectivity index (χ2v) is 6.20. The van der Waals surface area contributed by atoms with E-state index in [1.807, 2.05) is 0 Å². The van der Waals surface area contributed by atoms with E-state index in [9.17, 15) is 0 Å². The first kappa shape index (κ1) is 13.0. The van der Waals surface area contributed by atoms with Crippen molar-refractivity contribution in [3.8, 4) is 0 Å². The number of fused-ring (bicyclic) bond motifs is 1. The Kier molecular flexibility index (Phi) is 4.07. The highest BCUT2D eigenvalue weighted by Crippen LogP contribution is 2.33. The monoisotopic (exact) mass is 258 g/mol. The second-order valence-electron chi connectivity index (χ2n) is 6.20. The van der Waals surface area contributed by atoms with E-state index >= 15 is 0 Å². The summed E-state index contributed by atoms with van der Waals surface area (Å²) >= 11 is 0. The molecule has 0 radical (unpaired) electrons. The summed E-state index contributed by atoms with van der Waals surface area (Å²) in [6, 6.07) is 7.07. The molecule has 1 aliphatic carbocycles. The van der Waals surface area contributed by atoms with E-state index in [0.717, 1.165) is 25.3 Å². The lowest BCUT2D eigenvalue weighted by atomic mass is 10.0. The number of benzene rings is 1. The maximum Gasteiger partial charge on any atom is 0.0402 e. The number of rotatable bonds is 5. The SMILES string of the molecule is NCCCc1ccc2c(c1)N(CC1CCCC1)CC2. The molecule has 1 heterocycles. The average Bonchev–Trinajstić information content (AvgIpc) is 3.07. The van der Waals surface area contributed by atoms with Crippen molar-refractivity contribution in [1.29, 1.82) is 0 Å². The summed E-state index contributed by atoms with van der Waals surface area (Å²) < 4.78 is 0. The zero-order valence-corrected chi connectivity index (χ0v) is 11.9. The van der Waals surface area contributed by atoms with Crippen LogP contribution in [-0.2, 0) is 12.8 Å². The van der Waals surface area contributed by atoms with Gasteiger partial charge in [-0.15, -0.1) is 0 Å². The Bertz CT molecular complexity index is 421. The third-order valence-electron chi connectivity index (χ3n) is 4.76. The summed E-state index contributed by atoms with van der Waals surface area (Å²) in [6.07, 6.45) is 9.24. The number of nitrogens with zero attached hydrogens (tertiary/aromatic N) is 1. The summed E-state index contributed by atoms with van der Waals surface area (Å²) in [5.41, 5.74) is 10.1. The minimum Gasteiger partial charge on any atom is -0.371 e. The first-order chi connectivity index (χ1) is 9.36. The van der Waals surface area contributed by atoms with E-state index in [-0.39, 0.29) is 0 Å². The van der Waals surface area contributed by atoms with Gasteiger partial charge in [0, 0.05) is 18.8 Å². The van der Waals surface area contributed by atoms with Gasteiger partial charge in [-0.1, -0.05) is 25.0 Å². The third-order valence-corrected chi connectivity index (χ3v) is 4.76. The van der Waals surface area contributed by atoms with Gasteiger partial charge >= 0.3 is 0 Å². The Morgan fingerprint density at radius 2 is 2.05 bits per heavy atom. The average molecular weight is 258 g/mol. The predicted octanol–water partition coefficient (Wildman–Crippen LogP) is 3.13. The first-order valence-electron chi connectivity index (χ1n) is 7.93. The molecule has 2 aliphatic rings. The Morgan fingerprint density at radius 3 is 2.84 bits per heavy atom. The summed E-state index contributed by atoms with van der Waals surface area (Å²) in [5, 5.41) is 0. The molecule has 0 aromatic heterocycles. The highest BCUT2D eigenvalue weighted by Gasteiger charge is 2.24. The van der Waals surface area contributed by atoms with E-state index in [4.69, 9.17) is 5.73 Å². The lowest BCUT2D eigenvalue weighted by molar-refractivity contribution is 0.538. The molecule has 1 aromatic carbocycles. The number of anilines is 1. The van der Waals surface area contributed by atoms with Crippen molar-refractivity contribution in [3.63, 3.8) is 0 Å². The molecule has 0 spiro atoms. The lowest BCUT2D eigenvalue weighted by Gasteiger charge is -2.23. The number of nitrogens with two attached hydrogens (primary N) is 1. The van der Waals surface area contributed by atoms with Crippen molar-refractivity contribution >= 4 is 5.69 Å². The smallest absolute Gasteiger partial charge is 0.0402 e. The van der Waals surface area contributed by atoms with Crippen molar-refractivity contribution in [2.75, 3.05) is 24.5 Å². The number of aryl methyl sites for hydroxylation is 1. The fraction of sp³-hybridized carbons (Fsp3) is 0.647. The van der Waals surface area contributed by atoms with Crippen LogP contribution < -0.4 is 10.6 Å². The number of hydrogen-bond donors (Lipinski definition) is 1. The summed E-state index contributed by atoms with van der Waals surface area (Å²) in [5.74, 6) is 0.943. The zero-order chi connectivity index (χ0) is 13.1. The Hall–Kier alpha value is -1.02. The van der Waals surface area contributed by atoms with Crippen molar-refractivity contribution in [2.24, 2.45) is 11.7 Å². The Labute approximate surface area is 117 Å². The molecule has 1 aliphatic heterocycles. The van der Waals surface area contributed by atoms with Crippen LogP contribution in [0.4, 0.5) is 5.69 Å². The number of hydrogen-bond acceptors (Lipinski definition) is 2. The van der Waals surface area contributed by atoms with E-state index in [0.29, 0.717) is 0 Å². The molecule has 2 nitrogen and oxygen atoms in total. The molecule has 0 amide bonds. The third kappa shape index (κ3) is 2.94. The minimum absolute atomic E-state index is 0.795. The molecule has 0 atom stereocenters. The van der Waals surface area contributed by atoms with Gasteiger partial charge in [-0.05, 0) is 61.8 Å². The van der Waals surface area contributed by atoms with Gasteiger partial charge in [0.05, 0.1) is 0 Å². The van der Waals surface area contributed by atoms with Crippen LogP contribution in [0.1, 0.15) is 43.2 Å². The molecule has 0 bridgehead atoms. The van der Waals surface area contributed by atoms with Crippen LogP contribution in [0.25, 0.3) is 0 Å². The van der Waals surface area contributed by atoms with Gasteiger partial charge in [-0.3, -0.25) is 0 Å². The van der Waals surface area contributed by atoms with Gasteiger partial charge in [0.15, 0.2) is 0 Å². The Balaban J connectivity index is 1.70. The van der Waals surface area contributed by atoms with Crippen LogP contribution in [0.2, 0.25) is 0 Å². The van der Waals surface area contributed by atoms with E-state index in [2.05, 4.69) is 23.1 Å². The van der Waals surface area contributed by atoms with Crippen molar-refractivity contribution in [3.05, 3.63) is 29.3 Å². The fourth-order valence-electron chi connectivity index (χ4n) is 3.65. The maximum absolute atomic E-state index is 5.61. The topological polar surface area (TPSA) is 29.3 Å². The van der Waals surface area contributed by atoms with Gasteiger partial charge in [0.25, 0.3) is 0 Å². The largest absolute Gasteiger partial charge is 0.371 e. The van der Waals surface area contributed by atoms with Crippen molar-refractivity contribution in [1.82, 2.24) is 0 Å². The molecule has 3 rings (SSSR count). The van der Waals surface area contributed by atoms with Crippen LogP contribution in [0.15, 0.2) is 18.2 Å². The Morgan fingerprint density at radius 1 is 1.21 bits per heavy atom. The fourth-order valence-corrected chi connectivity index (χ4v) is 3.65. The summed E-state index contributed by atoms with van der Waals surface area (Å²) in [6.45, 7) is 3.31.